The van der Waals surface area contributed by atoms with Crippen LogP contribution >= 0.6 is 23.2 Å². The van der Waals surface area contributed by atoms with Gasteiger partial charge >= 0.3 is 0 Å². The largest absolute Gasteiger partial charge is 0.309 e. The topological polar surface area (TPSA) is 12.0 Å². The van der Waals surface area contributed by atoms with Gasteiger partial charge in [-0.3, -0.25) is 0 Å². The van der Waals surface area contributed by atoms with Crippen LogP contribution in [0.3, 0.4) is 0 Å². The molecule has 0 heterocycles. The van der Waals surface area contributed by atoms with Gasteiger partial charge in [0.05, 0.1) is 10.0 Å². The van der Waals surface area contributed by atoms with E-state index in [0.29, 0.717) is 10.0 Å². The third kappa shape index (κ3) is 3.60. The summed E-state index contributed by atoms with van der Waals surface area (Å²) in [6, 6.07) is 16.6. The fraction of sp³-hybridized carbons (Fsp3) is 0.333. The Balaban J connectivity index is 2.44. The minimum absolute atomic E-state index is 0.0611. The Bertz CT molecular complexity index is 593. The Kier molecular flexibility index (Phi) is 5.32. The number of likely N-dealkylation sites (N-methyl/N-ethyl adjacent to an activating group) is 1. The van der Waals surface area contributed by atoms with Gasteiger partial charge < -0.3 is 5.32 Å². The maximum atomic E-state index is 6.19. The van der Waals surface area contributed by atoms with Gasteiger partial charge in [0.2, 0.25) is 0 Å². The molecule has 0 aromatic heterocycles. The summed E-state index contributed by atoms with van der Waals surface area (Å²) in [6.45, 7) is 7.50. The standard InChI is InChI=1S/C18H21Cl2N/c1-4-21-17(13-10-11-15(19)16(20)12-13)18(2,3)14-8-6-5-7-9-14/h5-12,17,21H,4H2,1-3H3. The quantitative estimate of drug-likeness (QED) is 0.753. The molecule has 0 amide bonds. The van der Waals surface area contributed by atoms with Crippen LogP contribution in [0.1, 0.15) is 37.9 Å². The van der Waals surface area contributed by atoms with E-state index in [-0.39, 0.29) is 11.5 Å². The Morgan fingerprint density at radius 3 is 2.24 bits per heavy atom. The summed E-state index contributed by atoms with van der Waals surface area (Å²) in [5.74, 6) is 0. The zero-order valence-corrected chi connectivity index (χ0v) is 14.2. The minimum atomic E-state index is -0.0611. The molecule has 0 saturated carbocycles. The zero-order chi connectivity index (χ0) is 15.5. The summed E-state index contributed by atoms with van der Waals surface area (Å²) in [5.41, 5.74) is 2.39. The SMILES string of the molecule is CCNC(c1ccc(Cl)c(Cl)c1)C(C)(C)c1ccccc1. The smallest absolute Gasteiger partial charge is 0.0595 e. The second kappa shape index (κ2) is 6.83. The first-order valence-electron chi connectivity index (χ1n) is 7.20. The van der Waals surface area contributed by atoms with E-state index < -0.39 is 0 Å². The van der Waals surface area contributed by atoms with Gasteiger partial charge in [0.25, 0.3) is 0 Å². The van der Waals surface area contributed by atoms with Crippen LogP contribution in [-0.4, -0.2) is 6.54 Å². The van der Waals surface area contributed by atoms with E-state index in [0.717, 1.165) is 12.1 Å². The molecule has 0 saturated heterocycles. The predicted octanol–water partition coefficient (Wildman–Crippen LogP) is 5.62. The number of nitrogens with one attached hydrogen (secondary N) is 1. The second-order valence-electron chi connectivity index (χ2n) is 5.75. The molecule has 112 valence electrons. The summed E-state index contributed by atoms with van der Waals surface area (Å²) in [4.78, 5) is 0. The van der Waals surface area contributed by atoms with E-state index in [4.69, 9.17) is 23.2 Å². The molecule has 0 aliphatic carbocycles. The van der Waals surface area contributed by atoms with E-state index in [2.05, 4.69) is 50.4 Å². The molecule has 1 nitrogen and oxygen atoms in total. The Hall–Kier alpha value is -1.02. The van der Waals surface area contributed by atoms with Crippen molar-refractivity contribution in [2.75, 3.05) is 6.54 Å². The fourth-order valence-corrected chi connectivity index (χ4v) is 3.03. The van der Waals surface area contributed by atoms with Crippen molar-refractivity contribution in [1.29, 1.82) is 0 Å². The number of hydrogen-bond donors (Lipinski definition) is 1. The third-order valence-corrected chi connectivity index (χ3v) is 4.66. The van der Waals surface area contributed by atoms with Gasteiger partial charge in [0, 0.05) is 11.5 Å². The Morgan fingerprint density at radius 1 is 1.00 bits per heavy atom. The van der Waals surface area contributed by atoms with Gasteiger partial charge in [0.15, 0.2) is 0 Å². The molecular weight excluding hydrogens is 301 g/mol. The molecule has 1 N–H and O–H groups in total. The van der Waals surface area contributed by atoms with Crippen molar-refractivity contribution >= 4 is 23.2 Å². The van der Waals surface area contributed by atoms with E-state index in [1.165, 1.54) is 5.56 Å². The molecule has 0 aliphatic rings. The lowest BCUT2D eigenvalue weighted by Gasteiger charge is -2.36. The number of hydrogen-bond acceptors (Lipinski definition) is 1. The molecule has 2 rings (SSSR count). The van der Waals surface area contributed by atoms with E-state index in [9.17, 15) is 0 Å². The van der Waals surface area contributed by atoms with Gasteiger partial charge in [-0.1, -0.05) is 80.4 Å². The van der Waals surface area contributed by atoms with Crippen LogP contribution in [0.2, 0.25) is 10.0 Å². The highest BCUT2D eigenvalue weighted by Crippen LogP contribution is 2.38. The average Bonchev–Trinajstić information content (AvgIpc) is 2.48. The molecular formula is C18H21Cl2N. The van der Waals surface area contributed by atoms with Crippen molar-refractivity contribution in [2.24, 2.45) is 0 Å². The van der Waals surface area contributed by atoms with Crippen molar-refractivity contribution in [3.05, 3.63) is 69.7 Å². The zero-order valence-electron chi connectivity index (χ0n) is 12.7. The summed E-state index contributed by atoms with van der Waals surface area (Å²) in [7, 11) is 0. The first-order valence-corrected chi connectivity index (χ1v) is 7.96. The molecule has 2 aromatic rings. The molecule has 3 heteroatoms. The maximum absolute atomic E-state index is 6.19. The van der Waals surface area contributed by atoms with E-state index in [1.54, 1.807) is 0 Å². The predicted molar refractivity (Wildman–Crippen MR) is 92.3 cm³/mol. The van der Waals surface area contributed by atoms with Crippen LogP contribution in [0.15, 0.2) is 48.5 Å². The molecule has 0 spiro atoms. The van der Waals surface area contributed by atoms with Crippen LogP contribution in [0, 0.1) is 0 Å². The lowest BCUT2D eigenvalue weighted by Crippen LogP contribution is -2.37. The molecule has 0 aliphatic heterocycles. The highest BCUT2D eigenvalue weighted by atomic mass is 35.5. The Morgan fingerprint density at radius 2 is 1.67 bits per heavy atom. The highest BCUT2D eigenvalue weighted by Gasteiger charge is 2.32. The minimum Gasteiger partial charge on any atom is -0.309 e. The summed E-state index contributed by atoms with van der Waals surface area (Å²) in [5, 5.41) is 4.77. The summed E-state index contributed by atoms with van der Waals surface area (Å²) < 4.78 is 0. The fourth-order valence-electron chi connectivity index (χ4n) is 2.72. The molecule has 1 unspecified atom stereocenters. The first kappa shape index (κ1) is 16.4. The molecule has 0 fully saturated rings. The van der Waals surface area contributed by atoms with Gasteiger partial charge in [-0.2, -0.15) is 0 Å². The van der Waals surface area contributed by atoms with Crippen molar-refractivity contribution in [2.45, 2.75) is 32.2 Å². The van der Waals surface area contributed by atoms with Gasteiger partial charge in [0.1, 0.15) is 0 Å². The third-order valence-electron chi connectivity index (χ3n) is 3.92. The average molecular weight is 322 g/mol. The van der Waals surface area contributed by atoms with Gasteiger partial charge in [-0.05, 0) is 29.8 Å². The van der Waals surface area contributed by atoms with Gasteiger partial charge in [-0.25, -0.2) is 0 Å². The van der Waals surface area contributed by atoms with Gasteiger partial charge in [-0.15, -0.1) is 0 Å². The summed E-state index contributed by atoms with van der Waals surface area (Å²) in [6.07, 6.45) is 0. The Labute approximate surface area is 137 Å². The van der Waals surface area contributed by atoms with E-state index >= 15 is 0 Å². The summed E-state index contributed by atoms with van der Waals surface area (Å²) >= 11 is 12.2. The van der Waals surface area contributed by atoms with Crippen molar-refractivity contribution in [1.82, 2.24) is 5.32 Å². The second-order valence-corrected chi connectivity index (χ2v) is 6.57. The van der Waals surface area contributed by atoms with Crippen LogP contribution in [0.4, 0.5) is 0 Å². The van der Waals surface area contributed by atoms with Crippen LogP contribution in [-0.2, 0) is 5.41 Å². The molecule has 2 aromatic carbocycles. The lowest BCUT2D eigenvalue weighted by atomic mass is 9.75. The van der Waals surface area contributed by atoms with Crippen LogP contribution in [0.25, 0.3) is 0 Å². The molecule has 0 bridgehead atoms. The maximum Gasteiger partial charge on any atom is 0.0595 e. The first-order chi connectivity index (χ1) is 9.96. The van der Waals surface area contributed by atoms with Crippen molar-refractivity contribution in [3.8, 4) is 0 Å². The lowest BCUT2D eigenvalue weighted by molar-refractivity contribution is 0.354. The monoisotopic (exact) mass is 321 g/mol. The van der Waals surface area contributed by atoms with Crippen molar-refractivity contribution < 1.29 is 0 Å². The van der Waals surface area contributed by atoms with Crippen LogP contribution in [0.5, 0.6) is 0 Å². The molecule has 0 radical (unpaired) electrons. The number of benzene rings is 2. The highest BCUT2D eigenvalue weighted by molar-refractivity contribution is 6.42. The molecule has 21 heavy (non-hydrogen) atoms. The number of halogens is 2. The number of rotatable bonds is 5. The van der Waals surface area contributed by atoms with Crippen LogP contribution < -0.4 is 5.32 Å². The molecule has 1 atom stereocenters. The normalized spacial score (nSPS) is 13.2. The van der Waals surface area contributed by atoms with E-state index in [1.807, 2.05) is 24.3 Å². The van der Waals surface area contributed by atoms with Crippen molar-refractivity contribution in [3.63, 3.8) is 0 Å².